The van der Waals surface area contributed by atoms with Gasteiger partial charge in [0.1, 0.15) is 0 Å². The molecule has 0 aliphatic heterocycles. The highest BCUT2D eigenvalue weighted by Gasteiger charge is 2.14. The third kappa shape index (κ3) is 5.54. The van der Waals surface area contributed by atoms with Crippen molar-refractivity contribution in [3.8, 4) is 11.5 Å². The number of rotatable bonds is 9. The largest absolute Gasteiger partial charge is 0.493 e. The van der Waals surface area contributed by atoms with E-state index < -0.39 is 0 Å². The Balaban J connectivity index is 1.94. The minimum absolute atomic E-state index is 0.108. The summed E-state index contributed by atoms with van der Waals surface area (Å²) in [6, 6.07) is 5.65. The van der Waals surface area contributed by atoms with E-state index in [2.05, 4.69) is 22.1 Å². The molecule has 0 bridgehead atoms. The average molecular weight is 378 g/mol. The Kier molecular flexibility index (Phi) is 7.88. The van der Waals surface area contributed by atoms with Gasteiger partial charge in [0.15, 0.2) is 11.5 Å². The highest BCUT2D eigenvalue weighted by Crippen LogP contribution is 2.33. The number of carbonyl (C=O) groups excluding carboxylic acids is 1. The first-order chi connectivity index (χ1) is 12.2. The fourth-order valence-electron chi connectivity index (χ4n) is 2.33. The topological polar surface area (TPSA) is 47.6 Å². The Labute approximate surface area is 157 Å². The first kappa shape index (κ1) is 19.4. The van der Waals surface area contributed by atoms with Crippen LogP contribution in [0, 0.1) is 0 Å². The van der Waals surface area contributed by atoms with Gasteiger partial charge in [0.2, 0.25) is 0 Å². The van der Waals surface area contributed by atoms with Crippen molar-refractivity contribution in [3.63, 3.8) is 0 Å². The van der Waals surface area contributed by atoms with E-state index in [1.165, 1.54) is 5.56 Å². The van der Waals surface area contributed by atoms with Crippen molar-refractivity contribution < 1.29 is 14.3 Å². The predicted molar refractivity (Wildman–Crippen MR) is 107 cm³/mol. The number of hydrogen-bond acceptors (Lipinski definition) is 5. The molecule has 0 atom stereocenters. The molecule has 2 rings (SSSR count). The Hall–Kier alpha value is -1.92. The average Bonchev–Trinajstić information content (AvgIpc) is 3.14. The van der Waals surface area contributed by atoms with E-state index in [0.29, 0.717) is 23.6 Å². The van der Waals surface area contributed by atoms with Gasteiger partial charge in [-0.15, -0.1) is 0 Å². The van der Waals surface area contributed by atoms with Crippen LogP contribution < -0.4 is 14.8 Å². The third-order valence-corrected chi connectivity index (χ3v) is 5.26. The van der Waals surface area contributed by atoms with Crippen LogP contribution in [-0.4, -0.2) is 32.4 Å². The molecule has 0 radical (unpaired) electrons. The van der Waals surface area contributed by atoms with Crippen LogP contribution >= 0.6 is 23.1 Å². The standard InChI is InChI=1S/C19H23NO3S2/c1-4-5-15-10-16(11-17(22-2)18(15)23-3)19(21)20-7-9-25-13-14-6-8-24-12-14/h4-6,8,10-12H,7,9,13H2,1-3H3,(H,20,21)/b5-4+. The quantitative estimate of drug-likeness (QED) is 0.656. The van der Waals surface area contributed by atoms with E-state index in [0.717, 1.165) is 17.1 Å². The number of thiophene rings is 1. The molecule has 2 aromatic rings. The van der Waals surface area contributed by atoms with Crippen molar-refractivity contribution in [2.24, 2.45) is 0 Å². The lowest BCUT2D eigenvalue weighted by molar-refractivity contribution is 0.0955. The van der Waals surface area contributed by atoms with Crippen molar-refractivity contribution >= 4 is 35.1 Å². The second-order valence-corrected chi connectivity index (χ2v) is 7.13. The van der Waals surface area contributed by atoms with Crippen molar-refractivity contribution in [1.82, 2.24) is 5.32 Å². The number of benzene rings is 1. The molecular formula is C19H23NO3S2. The number of hydrogen-bond donors (Lipinski definition) is 1. The molecule has 0 spiro atoms. The Bertz CT molecular complexity index is 712. The van der Waals surface area contributed by atoms with Crippen LogP contribution in [0.5, 0.6) is 11.5 Å². The lowest BCUT2D eigenvalue weighted by atomic mass is 10.1. The second-order valence-electron chi connectivity index (χ2n) is 5.24. The van der Waals surface area contributed by atoms with Crippen molar-refractivity contribution in [2.75, 3.05) is 26.5 Å². The molecular weight excluding hydrogens is 354 g/mol. The molecule has 0 fully saturated rings. The lowest BCUT2D eigenvalue weighted by Crippen LogP contribution is -2.25. The summed E-state index contributed by atoms with van der Waals surface area (Å²) < 4.78 is 10.7. The first-order valence-corrected chi connectivity index (χ1v) is 10.0. The number of ether oxygens (including phenoxy) is 2. The molecule has 1 N–H and O–H groups in total. The number of allylic oxidation sites excluding steroid dienone is 1. The van der Waals surface area contributed by atoms with Crippen molar-refractivity contribution in [1.29, 1.82) is 0 Å². The SMILES string of the molecule is C/C=C/c1cc(C(=O)NCCSCc2ccsc2)cc(OC)c1OC. The normalized spacial score (nSPS) is 10.8. The zero-order valence-electron chi connectivity index (χ0n) is 14.7. The molecule has 0 unspecified atom stereocenters. The Morgan fingerprint density at radius 2 is 2.16 bits per heavy atom. The van der Waals surface area contributed by atoms with E-state index in [-0.39, 0.29) is 5.91 Å². The molecule has 0 aliphatic carbocycles. The Morgan fingerprint density at radius 3 is 2.80 bits per heavy atom. The molecule has 1 heterocycles. The number of amides is 1. The summed E-state index contributed by atoms with van der Waals surface area (Å²) in [5.74, 6) is 2.92. The molecule has 6 heteroatoms. The highest BCUT2D eigenvalue weighted by molar-refractivity contribution is 7.98. The molecule has 0 aliphatic rings. The molecule has 1 aromatic heterocycles. The minimum atomic E-state index is -0.108. The maximum Gasteiger partial charge on any atom is 0.251 e. The van der Waals surface area contributed by atoms with Gasteiger partial charge in [-0.05, 0) is 41.4 Å². The van der Waals surface area contributed by atoms with Gasteiger partial charge >= 0.3 is 0 Å². The molecule has 134 valence electrons. The molecule has 1 amide bonds. The zero-order chi connectivity index (χ0) is 18.1. The van der Waals surface area contributed by atoms with Gasteiger partial charge in [-0.2, -0.15) is 23.1 Å². The van der Waals surface area contributed by atoms with E-state index in [1.807, 2.05) is 36.9 Å². The fourth-order valence-corrected chi connectivity index (χ4v) is 3.91. The summed E-state index contributed by atoms with van der Waals surface area (Å²) in [6.07, 6.45) is 3.80. The van der Waals surface area contributed by atoms with Gasteiger partial charge in [0.05, 0.1) is 14.2 Å². The van der Waals surface area contributed by atoms with E-state index in [1.54, 1.807) is 31.6 Å². The summed E-state index contributed by atoms with van der Waals surface area (Å²) in [7, 11) is 3.16. The van der Waals surface area contributed by atoms with E-state index >= 15 is 0 Å². The molecule has 25 heavy (non-hydrogen) atoms. The summed E-state index contributed by atoms with van der Waals surface area (Å²) in [5, 5.41) is 7.19. The molecule has 0 saturated heterocycles. The third-order valence-electron chi connectivity index (χ3n) is 3.50. The van der Waals surface area contributed by atoms with Gasteiger partial charge in [0.25, 0.3) is 5.91 Å². The van der Waals surface area contributed by atoms with E-state index in [9.17, 15) is 4.79 Å². The van der Waals surface area contributed by atoms with Crippen LogP contribution in [0.15, 0.2) is 35.0 Å². The second kappa shape index (κ2) is 10.2. The smallest absolute Gasteiger partial charge is 0.251 e. The van der Waals surface area contributed by atoms with Gasteiger partial charge in [-0.25, -0.2) is 0 Å². The number of thioether (sulfide) groups is 1. The van der Waals surface area contributed by atoms with Crippen LogP contribution in [0.3, 0.4) is 0 Å². The Morgan fingerprint density at radius 1 is 1.32 bits per heavy atom. The highest BCUT2D eigenvalue weighted by atomic mass is 32.2. The molecule has 0 saturated carbocycles. The lowest BCUT2D eigenvalue weighted by Gasteiger charge is -2.13. The summed E-state index contributed by atoms with van der Waals surface area (Å²) >= 11 is 3.52. The number of carbonyl (C=O) groups is 1. The fraction of sp³-hybridized carbons (Fsp3) is 0.316. The van der Waals surface area contributed by atoms with Gasteiger partial charge in [-0.3, -0.25) is 4.79 Å². The number of nitrogens with one attached hydrogen (secondary N) is 1. The summed E-state index contributed by atoms with van der Waals surface area (Å²) in [6.45, 7) is 2.55. The van der Waals surface area contributed by atoms with Crippen LogP contribution in [0.4, 0.5) is 0 Å². The van der Waals surface area contributed by atoms with Crippen LogP contribution in [0.2, 0.25) is 0 Å². The maximum absolute atomic E-state index is 12.4. The van der Waals surface area contributed by atoms with Crippen molar-refractivity contribution in [3.05, 3.63) is 51.7 Å². The van der Waals surface area contributed by atoms with Crippen LogP contribution in [0.25, 0.3) is 6.08 Å². The minimum Gasteiger partial charge on any atom is -0.493 e. The van der Waals surface area contributed by atoms with Gasteiger partial charge in [-0.1, -0.05) is 12.2 Å². The zero-order valence-corrected chi connectivity index (χ0v) is 16.3. The van der Waals surface area contributed by atoms with E-state index in [4.69, 9.17) is 9.47 Å². The first-order valence-electron chi connectivity index (χ1n) is 7.95. The molecule has 4 nitrogen and oxygen atoms in total. The van der Waals surface area contributed by atoms with Crippen LogP contribution in [-0.2, 0) is 5.75 Å². The van der Waals surface area contributed by atoms with Gasteiger partial charge < -0.3 is 14.8 Å². The maximum atomic E-state index is 12.4. The summed E-state index contributed by atoms with van der Waals surface area (Å²) in [4.78, 5) is 12.4. The number of methoxy groups -OCH3 is 2. The predicted octanol–water partition coefficient (Wildman–Crippen LogP) is 4.46. The molecule has 1 aromatic carbocycles. The van der Waals surface area contributed by atoms with Crippen LogP contribution in [0.1, 0.15) is 28.4 Å². The van der Waals surface area contributed by atoms with Crippen molar-refractivity contribution in [2.45, 2.75) is 12.7 Å². The monoisotopic (exact) mass is 377 g/mol. The van der Waals surface area contributed by atoms with Gasteiger partial charge in [0, 0.05) is 29.2 Å². The summed E-state index contributed by atoms with van der Waals surface area (Å²) in [5.41, 5.74) is 2.71.